The Balaban J connectivity index is 2.14. The maximum atomic E-state index is 12.1. The summed E-state index contributed by atoms with van der Waals surface area (Å²) in [5, 5.41) is 15.2. The van der Waals surface area contributed by atoms with Crippen LogP contribution < -0.4 is 0 Å². The second kappa shape index (κ2) is 4.99. The summed E-state index contributed by atoms with van der Waals surface area (Å²) in [5.74, 6) is -1.26. The maximum absolute atomic E-state index is 12.1. The number of nitrogens with zero attached hydrogens (tertiary/aromatic N) is 2. The van der Waals surface area contributed by atoms with Crippen molar-refractivity contribution in [3.63, 3.8) is 0 Å². The number of hydrogen-bond acceptors (Lipinski definition) is 3. The Bertz CT molecular complexity index is 396. The van der Waals surface area contributed by atoms with E-state index in [2.05, 4.69) is 10.2 Å². The molecular formula is C11H15N3O3. The van der Waals surface area contributed by atoms with Gasteiger partial charge in [0.25, 0.3) is 5.91 Å². The van der Waals surface area contributed by atoms with E-state index < -0.39 is 5.97 Å². The fraction of sp³-hybridized carbons (Fsp3) is 0.545. The van der Waals surface area contributed by atoms with Gasteiger partial charge in [-0.15, -0.1) is 0 Å². The summed E-state index contributed by atoms with van der Waals surface area (Å²) in [6.07, 6.45) is 5.36. The first-order valence-electron chi connectivity index (χ1n) is 5.70. The largest absolute Gasteiger partial charge is 0.480 e. The van der Waals surface area contributed by atoms with Gasteiger partial charge in [0.2, 0.25) is 0 Å². The molecule has 1 aromatic heterocycles. The lowest BCUT2D eigenvalue weighted by Gasteiger charge is -2.26. The van der Waals surface area contributed by atoms with Crippen LogP contribution in [0.25, 0.3) is 0 Å². The molecule has 6 heteroatoms. The topological polar surface area (TPSA) is 86.3 Å². The SMILES string of the molecule is O=C(O)CN(C(=O)c1ccn[nH]1)C1CCCC1. The lowest BCUT2D eigenvalue weighted by Crippen LogP contribution is -2.42. The molecule has 17 heavy (non-hydrogen) atoms. The van der Waals surface area contributed by atoms with E-state index in [1.807, 2.05) is 0 Å². The van der Waals surface area contributed by atoms with E-state index in [4.69, 9.17) is 5.11 Å². The van der Waals surface area contributed by atoms with Crippen LogP contribution in [0.3, 0.4) is 0 Å². The molecule has 0 aromatic carbocycles. The van der Waals surface area contributed by atoms with E-state index in [9.17, 15) is 9.59 Å². The monoisotopic (exact) mass is 237 g/mol. The third kappa shape index (κ3) is 2.64. The van der Waals surface area contributed by atoms with E-state index in [-0.39, 0.29) is 18.5 Å². The van der Waals surface area contributed by atoms with E-state index >= 15 is 0 Å². The molecule has 92 valence electrons. The summed E-state index contributed by atoms with van der Waals surface area (Å²) < 4.78 is 0. The number of aliphatic carboxylic acids is 1. The van der Waals surface area contributed by atoms with E-state index in [0.717, 1.165) is 25.7 Å². The van der Waals surface area contributed by atoms with Crippen LogP contribution in [0.5, 0.6) is 0 Å². The molecule has 1 aliphatic rings. The number of hydrogen-bond donors (Lipinski definition) is 2. The van der Waals surface area contributed by atoms with Gasteiger partial charge in [0, 0.05) is 12.2 Å². The number of aromatic amines is 1. The highest BCUT2D eigenvalue weighted by molar-refractivity contribution is 5.94. The van der Waals surface area contributed by atoms with Crippen LogP contribution >= 0.6 is 0 Å². The Morgan fingerprint density at radius 3 is 2.71 bits per heavy atom. The number of amides is 1. The second-order valence-electron chi connectivity index (χ2n) is 4.24. The van der Waals surface area contributed by atoms with Crippen molar-refractivity contribution in [2.24, 2.45) is 0 Å². The predicted octanol–water partition coefficient (Wildman–Crippen LogP) is 0.879. The van der Waals surface area contributed by atoms with E-state index in [1.165, 1.54) is 11.1 Å². The first-order chi connectivity index (χ1) is 8.18. The Morgan fingerprint density at radius 2 is 2.18 bits per heavy atom. The third-order valence-corrected chi connectivity index (χ3v) is 3.06. The molecule has 1 heterocycles. The molecule has 1 aliphatic carbocycles. The van der Waals surface area contributed by atoms with Gasteiger partial charge in [-0.2, -0.15) is 5.10 Å². The van der Waals surface area contributed by atoms with Crippen molar-refractivity contribution in [2.75, 3.05) is 6.54 Å². The zero-order valence-corrected chi connectivity index (χ0v) is 9.43. The standard InChI is InChI=1S/C11H15N3O3/c15-10(16)7-14(8-3-1-2-4-8)11(17)9-5-6-12-13-9/h5-6,8H,1-4,7H2,(H,12,13)(H,15,16). The third-order valence-electron chi connectivity index (χ3n) is 3.06. The van der Waals surface area contributed by atoms with Gasteiger partial charge >= 0.3 is 5.97 Å². The molecule has 1 fully saturated rings. The molecule has 1 saturated carbocycles. The van der Waals surface area contributed by atoms with Crippen molar-refractivity contribution in [3.8, 4) is 0 Å². The lowest BCUT2D eigenvalue weighted by molar-refractivity contribution is -0.138. The van der Waals surface area contributed by atoms with Crippen molar-refractivity contribution >= 4 is 11.9 Å². The van der Waals surface area contributed by atoms with Gasteiger partial charge in [0.15, 0.2) is 0 Å². The number of carboxylic acid groups (broad SMARTS) is 1. The number of aromatic nitrogens is 2. The van der Waals surface area contributed by atoms with Crippen molar-refractivity contribution < 1.29 is 14.7 Å². The molecule has 2 rings (SSSR count). The van der Waals surface area contributed by atoms with Crippen LogP contribution in [0.4, 0.5) is 0 Å². The summed E-state index contributed by atoms with van der Waals surface area (Å²) in [5.41, 5.74) is 0.346. The summed E-state index contributed by atoms with van der Waals surface area (Å²) in [4.78, 5) is 24.4. The fourth-order valence-corrected chi connectivity index (χ4v) is 2.26. The normalized spacial score (nSPS) is 16.0. The summed E-state index contributed by atoms with van der Waals surface area (Å²) in [6, 6.07) is 1.61. The summed E-state index contributed by atoms with van der Waals surface area (Å²) in [6.45, 7) is -0.248. The van der Waals surface area contributed by atoms with Gasteiger partial charge in [-0.05, 0) is 18.9 Å². The minimum absolute atomic E-state index is 0.0434. The number of rotatable bonds is 4. The Kier molecular flexibility index (Phi) is 3.41. The van der Waals surface area contributed by atoms with Crippen LogP contribution in [-0.2, 0) is 4.79 Å². The summed E-state index contributed by atoms with van der Waals surface area (Å²) in [7, 11) is 0. The lowest BCUT2D eigenvalue weighted by atomic mass is 10.2. The van der Waals surface area contributed by atoms with Crippen LogP contribution in [0.1, 0.15) is 36.2 Å². The van der Waals surface area contributed by atoms with Gasteiger partial charge in [-0.3, -0.25) is 14.7 Å². The highest BCUT2D eigenvalue weighted by atomic mass is 16.4. The first kappa shape index (κ1) is 11.6. The highest BCUT2D eigenvalue weighted by Crippen LogP contribution is 2.24. The van der Waals surface area contributed by atoms with Crippen molar-refractivity contribution in [3.05, 3.63) is 18.0 Å². The van der Waals surface area contributed by atoms with Gasteiger partial charge in [-0.1, -0.05) is 12.8 Å². The van der Waals surface area contributed by atoms with Gasteiger partial charge in [-0.25, -0.2) is 0 Å². The average Bonchev–Trinajstić information content (AvgIpc) is 2.96. The fourth-order valence-electron chi connectivity index (χ4n) is 2.26. The highest BCUT2D eigenvalue weighted by Gasteiger charge is 2.29. The molecule has 0 bridgehead atoms. The molecule has 6 nitrogen and oxygen atoms in total. The summed E-state index contributed by atoms with van der Waals surface area (Å²) >= 11 is 0. The average molecular weight is 237 g/mol. The molecule has 1 aromatic rings. The molecule has 1 amide bonds. The predicted molar refractivity (Wildman–Crippen MR) is 59.5 cm³/mol. The van der Waals surface area contributed by atoms with Crippen molar-refractivity contribution in [1.82, 2.24) is 15.1 Å². The van der Waals surface area contributed by atoms with E-state index in [0.29, 0.717) is 5.69 Å². The number of carbonyl (C=O) groups excluding carboxylic acids is 1. The van der Waals surface area contributed by atoms with E-state index in [1.54, 1.807) is 6.07 Å². The number of nitrogens with one attached hydrogen (secondary N) is 1. The molecule has 0 saturated heterocycles. The number of carboxylic acids is 1. The van der Waals surface area contributed by atoms with Gasteiger partial charge in [0.05, 0.1) is 0 Å². The van der Waals surface area contributed by atoms with Crippen LogP contribution in [0.2, 0.25) is 0 Å². The Hall–Kier alpha value is -1.85. The maximum Gasteiger partial charge on any atom is 0.323 e. The molecule has 0 unspecified atom stereocenters. The van der Waals surface area contributed by atoms with Crippen molar-refractivity contribution in [2.45, 2.75) is 31.7 Å². The van der Waals surface area contributed by atoms with Crippen LogP contribution in [-0.4, -0.2) is 44.7 Å². The van der Waals surface area contributed by atoms with Crippen LogP contribution in [0, 0.1) is 0 Å². The quantitative estimate of drug-likeness (QED) is 0.813. The zero-order valence-electron chi connectivity index (χ0n) is 9.43. The van der Waals surface area contributed by atoms with Gasteiger partial charge < -0.3 is 10.0 Å². The molecular weight excluding hydrogens is 222 g/mol. The second-order valence-corrected chi connectivity index (χ2v) is 4.24. The Morgan fingerprint density at radius 1 is 1.47 bits per heavy atom. The smallest absolute Gasteiger partial charge is 0.323 e. The minimum Gasteiger partial charge on any atom is -0.480 e. The zero-order chi connectivity index (χ0) is 12.3. The molecule has 0 spiro atoms. The first-order valence-corrected chi connectivity index (χ1v) is 5.70. The molecule has 2 N–H and O–H groups in total. The van der Waals surface area contributed by atoms with Crippen LogP contribution in [0.15, 0.2) is 12.3 Å². The molecule has 0 radical (unpaired) electrons. The minimum atomic E-state index is -0.982. The Labute approximate surface area is 98.6 Å². The number of H-pyrrole nitrogens is 1. The molecule has 0 atom stereocenters. The van der Waals surface area contributed by atoms with Gasteiger partial charge in [0.1, 0.15) is 12.2 Å². The van der Waals surface area contributed by atoms with Crippen molar-refractivity contribution in [1.29, 1.82) is 0 Å². The molecule has 0 aliphatic heterocycles. The number of carbonyl (C=O) groups is 2.